The van der Waals surface area contributed by atoms with Gasteiger partial charge in [-0.25, -0.2) is 4.98 Å². The van der Waals surface area contributed by atoms with E-state index in [0.717, 1.165) is 0 Å². The van der Waals surface area contributed by atoms with Crippen LogP contribution in [0.5, 0.6) is 0 Å². The lowest BCUT2D eigenvalue weighted by Crippen LogP contribution is -2.35. The van der Waals surface area contributed by atoms with Gasteiger partial charge in [0.05, 0.1) is 11.2 Å². The number of aromatic amines is 1. The largest absolute Gasteiger partial charge is 0.432 e. The molecule has 9 nitrogen and oxygen atoms in total. The van der Waals surface area contributed by atoms with Gasteiger partial charge in [0.1, 0.15) is 11.9 Å². The van der Waals surface area contributed by atoms with Crippen molar-refractivity contribution in [2.75, 3.05) is 19.0 Å². The van der Waals surface area contributed by atoms with Crippen molar-refractivity contribution in [1.29, 1.82) is 0 Å². The van der Waals surface area contributed by atoms with Gasteiger partial charge in [-0.15, -0.1) is 0 Å². The highest BCUT2D eigenvalue weighted by Crippen LogP contribution is 2.20. The van der Waals surface area contributed by atoms with E-state index >= 15 is 0 Å². The molecule has 110 valence electrons. The molecule has 0 aromatic carbocycles. The van der Waals surface area contributed by atoms with Gasteiger partial charge in [-0.05, 0) is 11.3 Å². The van der Waals surface area contributed by atoms with Crippen LogP contribution >= 0.6 is 15.9 Å². The highest BCUT2D eigenvalue weighted by molar-refractivity contribution is 9.09. The Morgan fingerprint density at radius 3 is 2.85 bits per heavy atom. The van der Waals surface area contributed by atoms with E-state index in [4.69, 9.17) is 4.74 Å². The fraction of sp³-hybridized carbons (Fsp3) is 0.500. The van der Waals surface area contributed by atoms with Crippen molar-refractivity contribution >= 4 is 33.7 Å². The molecule has 0 fully saturated rings. The van der Waals surface area contributed by atoms with Crippen molar-refractivity contribution < 1.29 is 19.2 Å². The Kier molecular flexibility index (Phi) is 6.25. The third kappa shape index (κ3) is 4.38. The number of rotatable bonds is 7. The molecule has 1 aromatic rings. The third-order valence-corrected chi connectivity index (χ3v) is 2.95. The normalized spacial score (nSPS) is 11.9. The average molecular weight is 349 g/mol. The Bertz CT molecular complexity index is 504. The van der Waals surface area contributed by atoms with E-state index in [9.17, 15) is 19.7 Å². The summed E-state index contributed by atoms with van der Waals surface area (Å²) in [7, 11) is 1.47. The number of carbonyl (C=O) groups excluding carboxylic acids is 2. The Hall–Kier alpha value is -1.81. The second-order valence-electron chi connectivity index (χ2n) is 3.80. The molecule has 1 aromatic heterocycles. The van der Waals surface area contributed by atoms with Crippen molar-refractivity contribution in [3.63, 3.8) is 0 Å². The fourth-order valence-electron chi connectivity index (χ4n) is 1.52. The third-order valence-electron chi connectivity index (χ3n) is 2.44. The first-order valence-corrected chi connectivity index (χ1v) is 6.69. The molecule has 10 heteroatoms. The number of aromatic nitrogens is 2. The molecular formula is C10H13BrN4O5. The van der Waals surface area contributed by atoms with Crippen LogP contribution in [-0.2, 0) is 14.3 Å². The molecule has 1 rings (SSSR count). The number of nitrogens with one attached hydrogen (secondary N) is 2. The second kappa shape index (κ2) is 7.70. The van der Waals surface area contributed by atoms with Gasteiger partial charge in [0, 0.05) is 13.7 Å². The zero-order valence-electron chi connectivity index (χ0n) is 10.6. The maximum absolute atomic E-state index is 12.0. The van der Waals surface area contributed by atoms with Crippen molar-refractivity contribution in [3.8, 4) is 0 Å². The predicted octanol–water partition coefficient (Wildman–Crippen LogP) is 0.476. The molecule has 0 saturated carbocycles. The number of imide groups is 1. The quantitative estimate of drug-likeness (QED) is 0.419. The zero-order valence-corrected chi connectivity index (χ0v) is 12.2. The standard InChI is InChI=1S/C10H13BrN4O5/c1-20-3-2-6(9(17)14-8(16)4-11)7-5-12-10(13-7)15(18)19/h5-6H,2-4H2,1H3,(H,12,13)(H,14,16,17). The van der Waals surface area contributed by atoms with E-state index in [-0.39, 0.29) is 24.1 Å². The number of nitrogens with zero attached hydrogens (tertiary/aromatic N) is 2. The lowest BCUT2D eigenvalue weighted by Gasteiger charge is -2.12. The molecule has 0 aliphatic heterocycles. The number of H-pyrrole nitrogens is 1. The summed E-state index contributed by atoms with van der Waals surface area (Å²) in [6.07, 6.45) is 1.47. The van der Waals surface area contributed by atoms with Gasteiger partial charge < -0.3 is 14.9 Å². The molecule has 0 aliphatic carbocycles. The summed E-state index contributed by atoms with van der Waals surface area (Å²) in [5.41, 5.74) is 0.258. The Labute approximate surface area is 122 Å². The Balaban J connectivity index is 2.89. The summed E-state index contributed by atoms with van der Waals surface area (Å²) in [6, 6.07) is 0. The Morgan fingerprint density at radius 2 is 2.35 bits per heavy atom. The molecule has 2 amide bonds. The van der Waals surface area contributed by atoms with Crippen LogP contribution in [0.1, 0.15) is 18.0 Å². The lowest BCUT2D eigenvalue weighted by molar-refractivity contribution is -0.393. The van der Waals surface area contributed by atoms with Crippen LogP contribution in [0.2, 0.25) is 0 Å². The van der Waals surface area contributed by atoms with Crippen LogP contribution in [0.3, 0.4) is 0 Å². The summed E-state index contributed by atoms with van der Waals surface area (Å²) in [6.45, 7) is 0.257. The number of ether oxygens (including phenoxy) is 1. The van der Waals surface area contributed by atoms with Gasteiger partial charge in [0.2, 0.25) is 11.8 Å². The van der Waals surface area contributed by atoms with E-state index in [1.165, 1.54) is 13.3 Å². The number of alkyl halides is 1. The van der Waals surface area contributed by atoms with Crippen LogP contribution < -0.4 is 5.32 Å². The summed E-state index contributed by atoms with van der Waals surface area (Å²) in [4.78, 5) is 39.0. The smallest absolute Gasteiger partial charge is 0.390 e. The highest BCUT2D eigenvalue weighted by Gasteiger charge is 2.27. The molecule has 0 saturated heterocycles. The Morgan fingerprint density at radius 1 is 1.65 bits per heavy atom. The number of nitro groups is 1. The van der Waals surface area contributed by atoms with Crippen LogP contribution in [0.25, 0.3) is 0 Å². The molecule has 1 atom stereocenters. The van der Waals surface area contributed by atoms with Crippen LogP contribution in [-0.4, -0.2) is 45.8 Å². The molecular weight excluding hydrogens is 336 g/mol. The minimum atomic E-state index is -0.779. The molecule has 2 N–H and O–H groups in total. The van der Waals surface area contributed by atoms with Crippen molar-refractivity contribution in [1.82, 2.24) is 15.3 Å². The van der Waals surface area contributed by atoms with Gasteiger partial charge >= 0.3 is 5.95 Å². The first kappa shape index (κ1) is 16.2. The summed E-state index contributed by atoms with van der Waals surface area (Å²) < 4.78 is 4.89. The SMILES string of the molecule is COCCC(C(=O)NC(=O)CBr)c1cnc([N+](=O)[O-])[nH]1. The number of amides is 2. The number of hydrogen-bond acceptors (Lipinski definition) is 6. The molecule has 1 heterocycles. The van der Waals surface area contributed by atoms with Crippen molar-refractivity contribution in [3.05, 3.63) is 22.0 Å². The van der Waals surface area contributed by atoms with Crippen LogP contribution in [0.4, 0.5) is 5.95 Å². The van der Waals surface area contributed by atoms with Gasteiger partial charge in [-0.2, -0.15) is 0 Å². The molecule has 20 heavy (non-hydrogen) atoms. The number of halogens is 1. The van der Waals surface area contributed by atoms with Crippen molar-refractivity contribution in [2.45, 2.75) is 12.3 Å². The number of imidazole rings is 1. The van der Waals surface area contributed by atoms with E-state index in [1.807, 2.05) is 0 Å². The van der Waals surface area contributed by atoms with Gasteiger partial charge in [-0.3, -0.25) is 14.9 Å². The zero-order chi connectivity index (χ0) is 15.1. The maximum atomic E-state index is 12.0. The summed E-state index contributed by atoms with van der Waals surface area (Å²) in [5, 5.41) is 12.7. The highest BCUT2D eigenvalue weighted by atomic mass is 79.9. The van der Waals surface area contributed by atoms with Crippen LogP contribution in [0, 0.1) is 10.1 Å². The van der Waals surface area contributed by atoms with E-state index in [1.54, 1.807) is 0 Å². The lowest BCUT2D eigenvalue weighted by atomic mass is 10.0. The second-order valence-corrected chi connectivity index (χ2v) is 4.36. The number of hydrogen-bond donors (Lipinski definition) is 2. The molecule has 1 unspecified atom stereocenters. The molecule has 0 spiro atoms. The first-order chi connectivity index (χ1) is 9.49. The molecule has 0 bridgehead atoms. The van der Waals surface area contributed by atoms with Gasteiger partial charge in [0.25, 0.3) is 0 Å². The summed E-state index contributed by atoms with van der Waals surface area (Å²) >= 11 is 2.93. The van der Waals surface area contributed by atoms with Gasteiger partial charge in [-0.1, -0.05) is 20.9 Å². The number of carbonyl (C=O) groups is 2. The van der Waals surface area contributed by atoms with E-state index < -0.39 is 28.6 Å². The first-order valence-electron chi connectivity index (χ1n) is 5.57. The topological polar surface area (TPSA) is 127 Å². The minimum Gasteiger partial charge on any atom is -0.390 e. The fourth-order valence-corrected chi connectivity index (χ4v) is 1.66. The maximum Gasteiger partial charge on any atom is 0.432 e. The monoisotopic (exact) mass is 348 g/mol. The van der Waals surface area contributed by atoms with Crippen LogP contribution in [0.15, 0.2) is 6.20 Å². The molecule has 0 aliphatic rings. The van der Waals surface area contributed by atoms with Crippen molar-refractivity contribution in [2.24, 2.45) is 0 Å². The average Bonchev–Trinajstić information content (AvgIpc) is 2.88. The summed E-state index contributed by atoms with van der Waals surface area (Å²) in [5.74, 6) is -2.29. The van der Waals surface area contributed by atoms with E-state index in [2.05, 4.69) is 31.2 Å². The minimum absolute atomic E-state index is 0.0150. The predicted molar refractivity (Wildman–Crippen MR) is 71.4 cm³/mol. The van der Waals surface area contributed by atoms with E-state index in [0.29, 0.717) is 0 Å². The molecule has 0 radical (unpaired) electrons. The number of methoxy groups -OCH3 is 1. The van der Waals surface area contributed by atoms with Gasteiger partial charge in [0.15, 0.2) is 0 Å².